The fraction of sp³-hybridized carbons (Fsp3) is 0.545. The van der Waals surface area contributed by atoms with E-state index in [1.807, 2.05) is 0 Å². The molecule has 44 heavy (non-hydrogen) atoms. The molecule has 0 bridgehead atoms. The monoisotopic (exact) mass is 714 g/mol. The van der Waals surface area contributed by atoms with Crippen molar-refractivity contribution < 1.29 is 87.6 Å². The van der Waals surface area contributed by atoms with E-state index in [9.17, 15) is 87.6 Å². The minimum Gasteiger partial charge on any atom is -0.743 e. The van der Waals surface area contributed by atoms with E-state index in [4.69, 9.17) is 0 Å². The van der Waals surface area contributed by atoms with Crippen LogP contribution in [0.2, 0.25) is 0 Å². The first kappa shape index (κ1) is 38.0. The van der Waals surface area contributed by atoms with Gasteiger partial charge in [0.05, 0.1) is 0 Å². The second-order valence-electron chi connectivity index (χ2n) is 9.03. The number of fused-ring (bicyclic) bond motifs is 1. The van der Waals surface area contributed by atoms with Crippen molar-refractivity contribution in [2.75, 3.05) is 11.5 Å². The molecule has 2 aromatic rings. The van der Waals surface area contributed by atoms with Gasteiger partial charge in [-0.15, -0.1) is 0 Å². The molecule has 0 saturated carbocycles. The first-order valence-electron chi connectivity index (χ1n) is 11.3. The lowest BCUT2D eigenvalue weighted by atomic mass is 9.91. The molecule has 1 saturated heterocycles. The minimum absolute atomic E-state index is 0.553. The summed E-state index contributed by atoms with van der Waals surface area (Å²) < 4.78 is 244. The summed E-state index contributed by atoms with van der Waals surface area (Å²) in [7, 11) is -7.59. The second kappa shape index (κ2) is 11.5. The first-order chi connectivity index (χ1) is 19.4. The lowest BCUT2D eigenvalue weighted by Gasteiger charge is -2.42. The van der Waals surface area contributed by atoms with Crippen molar-refractivity contribution in [1.29, 1.82) is 0 Å². The van der Waals surface area contributed by atoms with Gasteiger partial charge in [0.2, 0.25) is 0 Å². The third kappa shape index (κ3) is 5.89. The standard InChI is InChI=1S/C14H15S.C8HF17O3S/c1-2-6-13-11-14(8-7-12(13)5-1)15-9-3-4-10-15;9-1(10,3(13,14)5(17,18)7(21,22)23)2(11,12)4(15,16)6(19,20)8(24,25)29(26,27)28/h1-2,5-8,11H,3-4,9-10H2;(H,26,27,28)/q+1;/p-1. The highest BCUT2D eigenvalue weighted by Gasteiger charge is 2.95. The molecule has 3 rings (SSSR count). The molecule has 0 radical (unpaired) electrons. The molecule has 0 aliphatic carbocycles. The van der Waals surface area contributed by atoms with Gasteiger partial charge in [-0.2, -0.15) is 74.6 Å². The summed E-state index contributed by atoms with van der Waals surface area (Å²) in [5.41, 5.74) is 0. The Balaban J connectivity index is 0.000000368. The van der Waals surface area contributed by atoms with Crippen LogP contribution in [0.25, 0.3) is 10.8 Å². The van der Waals surface area contributed by atoms with Crippen molar-refractivity contribution in [3.63, 3.8) is 0 Å². The molecule has 3 nitrogen and oxygen atoms in total. The van der Waals surface area contributed by atoms with E-state index in [1.165, 1.54) is 35.1 Å². The van der Waals surface area contributed by atoms with Gasteiger partial charge in [0.1, 0.15) is 11.5 Å². The smallest absolute Gasteiger partial charge is 0.460 e. The molecule has 0 unspecified atom stereocenters. The molecule has 0 aromatic heterocycles. The molecule has 1 aliphatic heterocycles. The predicted molar refractivity (Wildman–Crippen MR) is 119 cm³/mol. The third-order valence-corrected chi connectivity index (χ3v) is 9.46. The zero-order chi connectivity index (χ0) is 34.6. The van der Waals surface area contributed by atoms with Gasteiger partial charge in [0.15, 0.2) is 15.0 Å². The molecular formula is C22H15F17O3S2. The Bertz CT molecular complexity index is 1430. The fourth-order valence-corrected chi connectivity index (χ4v) is 6.32. The molecule has 1 aliphatic rings. The zero-order valence-corrected chi connectivity index (χ0v) is 22.5. The van der Waals surface area contributed by atoms with Crippen molar-refractivity contribution in [3.05, 3.63) is 42.5 Å². The summed E-state index contributed by atoms with van der Waals surface area (Å²) in [6.07, 6.45) is -5.04. The molecule has 2 aromatic carbocycles. The summed E-state index contributed by atoms with van der Waals surface area (Å²) in [5.74, 6) is -49.3. The van der Waals surface area contributed by atoms with E-state index in [0.29, 0.717) is 10.9 Å². The van der Waals surface area contributed by atoms with E-state index in [2.05, 4.69) is 42.5 Å². The van der Waals surface area contributed by atoms with Crippen LogP contribution in [0.15, 0.2) is 47.4 Å². The largest absolute Gasteiger partial charge is 0.743 e. The maximum absolute atomic E-state index is 13.0. The van der Waals surface area contributed by atoms with E-state index < -0.39 is 57.1 Å². The van der Waals surface area contributed by atoms with Crippen molar-refractivity contribution >= 4 is 31.8 Å². The Morgan fingerprint density at radius 1 is 0.545 bits per heavy atom. The number of halogens is 17. The summed E-state index contributed by atoms with van der Waals surface area (Å²) >= 11 is 0. The number of alkyl halides is 17. The van der Waals surface area contributed by atoms with E-state index in [-0.39, 0.29) is 0 Å². The molecule has 0 amide bonds. The number of rotatable bonds is 8. The van der Waals surface area contributed by atoms with Crippen LogP contribution in [0.5, 0.6) is 0 Å². The van der Waals surface area contributed by atoms with Crippen LogP contribution in [0.3, 0.4) is 0 Å². The van der Waals surface area contributed by atoms with Crippen molar-refractivity contribution in [1.82, 2.24) is 0 Å². The molecule has 1 fully saturated rings. The fourth-order valence-electron chi connectivity index (χ4n) is 3.54. The highest BCUT2D eigenvalue weighted by molar-refractivity contribution is 7.97. The average Bonchev–Trinajstić information content (AvgIpc) is 3.42. The Labute approximate surface area is 238 Å². The van der Waals surface area contributed by atoms with Gasteiger partial charge in [-0.1, -0.05) is 24.3 Å². The van der Waals surface area contributed by atoms with Crippen LogP contribution in [-0.2, 0) is 21.0 Å². The Morgan fingerprint density at radius 2 is 0.932 bits per heavy atom. The van der Waals surface area contributed by atoms with Crippen molar-refractivity contribution in [2.45, 2.75) is 64.7 Å². The topological polar surface area (TPSA) is 57.2 Å². The molecule has 0 atom stereocenters. The van der Waals surface area contributed by atoms with Crippen LogP contribution >= 0.6 is 0 Å². The van der Waals surface area contributed by atoms with E-state index >= 15 is 0 Å². The van der Waals surface area contributed by atoms with Gasteiger partial charge < -0.3 is 4.55 Å². The van der Waals surface area contributed by atoms with Gasteiger partial charge in [0.25, 0.3) is 0 Å². The van der Waals surface area contributed by atoms with Crippen molar-refractivity contribution in [2.24, 2.45) is 0 Å². The van der Waals surface area contributed by atoms with Crippen LogP contribution in [0.4, 0.5) is 74.6 Å². The first-order valence-corrected chi connectivity index (χ1v) is 14.2. The Morgan fingerprint density at radius 3 is 1.34 bits per heavy atom. The predicted octanol–water partition coefficient (Wildman–Crippen LogP) is 8.11. The lowest BCUT2D eigenvalue weighted by Crippen LogP contribution is -2.75. The SMILES string of the molecule is O=S(=O)([O-])C(F)(F)C(F)(F)C(F)(F)C(F)(F)C(F)(F)C(F)(F)C(F)(F)C(F)(F)F.c1ccc2cc([S+]3CCCC3)ccc2c1. The van der Waals surface area contributed by atoms with Gasteiger partial charge in [0, 0.05) is 17.0 Å². The lowest BCUT2D eigenvalue weighted by molar-refractivity contribution is -0.458. The maximum Gasteiger partial charge on any atom is 0.460 e. The second-order valence-corrected chi connectivity index (χ2v) is 12.7. The summed E-state index contributed by atoms with van der Waals surface area (Å²) in [6, 6.07) is 15.6. The van der Waals surface area contributed by atoms with E-state index in [0.717, 1.165) is 0 Å². The van der Waals surface area contributed by atoms with Crippen LogP contribution in [-0.4, -0.2) is 71.4 Å². The summed E-state index contributed by atoms with van der Waals surface area (Å²) in [6.45, 7) is 0. The normalized spacial score (nSPS) is 17.0. The average molecular weight is 714 g/mol. The number of hydrogen-bond donors (Lipinski definition) is 0. The summed E-state index contributed by atoms with van der Waals surface area (Å²) in [5, 5.41) is -5.19. The van der Waals surface area contributed by atoms with Crippen LogP contribution in [0.1, 0.15) is 12.8 Å². The molecular weight excluding hydrogens is 699 g/mol. The van der Waals surface area contributed by atoms with Gasteiger partial charge in [-0.25, -0.2) is 8.42 Å². The molecule has 1 heterocycles. The zero-order valence-electron chi connectivity index (χ0n) is 20.8. The third-order valence-electron chi connectivity index (χ3n) is 6.09. The maximum atomic E-state index is 13.0. The van der Waals surface area contributed by atoms with Gasteiger partial charge in [-0.3, -0.25) is 0 Å². The van der Waals surface area contributed by atoms with Gasteiger partial charge in [-0.05, 0) is 35.7 Å². The minimum atomic E-state index is -8.92. The molecule has 0 spiro atoms. The van der Waals surface area contributed by atoms with Gasteiger partial charge >= 0.3 is 47.0 Å². The van der Waals surface area contributed by atoms with Crippen molar-refractivity contribution in [3.8, 4) is 0 Å². The quantitative estimate of drug-likeness (QED) is 0.158. The highest BCUT2D eigenvalue weighted by Crippen LogP contribution is 2.64. The van der Waals surface area contributed by atoms with E-state index in [1.54, 1.807) is 4.90 Å². The molecule has 252 valence electrons. The van der Waals surface area contributed by atoms with Crippen LogP contribution in [0, 0.1) is 0 Å². The molecule has 0 N–H and O–H groups in total. The van der Waals surface area contributed by atoms with Crippen LogP contribution < -0.4 is 0 Å². The Hall–Kier alpha value is -2.23. The number of hydrogen-bond acceptors (Lipinski definition) is 3. The highest BCUT2D eigenvalue weighted by atomic mass is 32.2. The Kier molecular flexibility index (Phi) is 9.95. The molecule has 22 heteroatoms. The summed E-state index contributed by atoms with van der Waals surface area (Å²) in [4.78, 5) is 1.58. The number of benzene rings is 2.